The molecular weight excluding hydrogens is 332 g/mol. The number of amides is 1. The topological polar surface area (TPSA) is 92.4 Å². The summed E-state index contributed by atoms with van der Waals surface area (Å²) < 4.78 is 3.48. The highest BCUT2D eigenvalue weighted by molar-refractivity contribution is 5.87. The van der Waals surface area contributed by atoms with E-state index in [9.17, 15) is 4.79 Å². The van der Waals surface area contributed by atoms with E-state index in [0.29, 0.717) is 19.0 Å². The van der Waals surface area contributed by atoms with Gasteiger partial charge in [0.15, 0.2) is 5.82 Å². The van der Waals surface area contributed by atoms with Crippen LogP contribution in [0.2, 0.25) is 0 Å². The van der Waals surface area contributed by atoms with Gasteiger partial charge in [-0.05, 0) is 24.6 Å². The van der Waals surface area contributed by atoms with Crippen LogP contribution in [0, 0.1) is 0 Å². The summed E-state index contributed by atoms with van der Waals surface area (Å²) in [7, 11) is 1.85. The molecule has 2 N–H and O–H groups in total. The standard InChI is InChI=1S/C17H20N8O/c1-3-15(26)24-8-6-12(11-24)19-16-14-5-4-7-25(14)22-17(21-16)20-13-9-18-23(2)10-13/h3-5,7,9-10,12H,1,6,8,11H2,2H3,(H2,19,20,21,22)/t12-/m1/s1. The van der Waals surface area contributed by atoms with Crippen LogP contribution >= 0.6 is 0 Å². The zero-order chi connectivity index (χ0) is 18.1. The Kier molecular flexibility index (Phi) is 4.04. The summed E-state index contributed by atoms with van der Waals surface area (Å²) in [5.41, 5.74) is 1.70. The molecule has 0 saturated carbocycles. The number of likely N-dealkylation sites (tertiary alicyclic amines) is 1. The third-order valence-corrected chi connectivity index (χ3v) is 4.37. The molecule has 3 aromatic rings. The van der Waals surface area contributed by atoms with Crippen LogP contribution in [-0.2, 0) is 11.8 Å². The zero-order valence-corrected chi connectivity index (χ0v) is 14.5. The summed E-state index contributed by atoms with van der Waals surface area (Å²) in [6.07, 6.45) is 7.66. The van der Waals surface area contributed by atoms with Crippen molar-refractivity contribution in [1.29, 1.82) is 0 Å². The number of hydrogen-bond donors (Lipinski definition) is 2. The average molecular weight is 352 g/mol. The molecule has 0 aliphatic carbocycles. The molecule has 1 saturated heterocycles. The smallest absolute Gasteiger partial charge is 0.247 e. The fourth-order valence-electron chi connectivity index (χ4n) is 3.11. The lowest BCUT2D eigenvalue weighted by Gasteiger charge is -2.17. The van der Waals surface area contributed by atoms with E-state index in [1.54, 1.807) is 20.3 Å². The van der Waals surface area contributed by atoms with Gasteiger partial charge in [-0.2, -0.15) is 10.1 Å². The molecule has 9 heteroatoms. The summed E-state index contributed by atoms with van der Waals surface area (Å²) in [5, 5.41) is 15.2. The van der Waals surface area contributed by atoms with Gasteiger partial charge in [0.1, 0.15) is 5.52 Å². The van der Waals surface area contributed by atoms with Crippen molar-refractivity contribution in [3.05, 3.63) is 43.4 Å². The number of rotatable bonds is 5. The second-order valence-corrected chi connectivity index (χ2v) is 6.27. The Morgan fingerprint density at radius 2 is 2.35 bits per heavy atom. The van der Waals surface area contributed by atoms with Crippen molar-refractivity contribution in [1.82, 2.24) is 29.3 Å². The minimum absolute atomic E-state index is 0.0382. The van der Waals surface area contributed by atoms with Crippen LogP contribution in [0.5, 0.6) is 0 Å². The van der Waals surface area contributed by atoms with Gasteiger partial charge < -0.3 is 15.5 Å². The molecule has 0 unspecified atom stereocenters. The molecule has 3 aromatic heterocycles. The highest BCUT2D eigenvalue weighted by atomic mass is 16.2. The van der Waals surface area contributed by atoms with Crippen LogP contribution in [0.25, 0.3) is 5.52 Å². The van der Waals surface area contributed by atoms with Gasteiger partial charge in [0.05, 0.1) is 11.9 Å². The minimum atomic E-state index is -0.0382. The van der Waals surface area contributed by atoms with Crippen LogP contribution in [0.3, 0.4) is 0 Å². The molecule has 0 aromatic carbocycles. The normalized spacial score (nSPS) is 16.8. The first-order chi connectivity index (χ1) is 12.6. The number of aromatic nitrogens is 5. The molecule has 0 radical (unpaired) electrons. The Balaban J connectivity index is 1.57. The van der Waals surface area contributed by atoms with Crippen LogP contribution in [0.4, 0.5) is 17.5 Å². The van der Waals surface area contributed by atoms with Gasteiger partial charge in [0, 0.05) is 38.6 Å². The van der Waals surface area contributed by atoms with E-state index in [1.807, 2.05) is 31.6 Å². The van der Waals surface area contributed by atoms with E-state index in [1.165, 1.54) is 6.08 Å². The molecule has 4 heterocycles. The molecule has 0 bridgehead atoms. The van der Waals surface area contributed by atoms with Crippen molar-refractivity contribution in [2.45, 2.75) is 12.5 Å². The van der Waals surface area contributed by atoms with E-state index in [0.717, 1.165) is 23.4 Å². The minimum Gasteiger partial charge on any atom is -0.364 e. The maximum Gasteiger partial charge on any atom is 0.247 e. The Hall–Kier alpha value is -3.36. The number of carbonyl (C=O) groups excluding carboxylic acids is 1. The summed E-state index contributed by atoms with van der Waals surface area (Å²) in [4.78, 5) is 18.2. The van der Waals surface area contributed by atoms with Crippen LogP contribution in [-0.4, -0.2) is 54.3 Å². The van der Waals surface area contributed by atoms with Gasteiger partial charge in [0.2, 0.25) is 11.9 Å². The number of carbonyl (C=O) groups is 1. The first-order valence-corrected chi connectivity index (χ1v) is 8.41. The summed E-state index contributed by atoms with van der Waals surface area (Å²) in [6, 6.07) is 4.02. The van der Waals surface area contributed by atoms with Crippen molar-refractivity contribution >= 4 is 28.9 Å². The predicted octanol–water partition coefficient (Wildman–Crippen LogP) is 1.41. The van der Waals surface area contributed by atoms with Crippen molar-refractivity contribution < 1.29 is 4.79 Å². The molecule has 9 nitrogen and oxygen atoms in total. The van der Waals surface area contributed by atoms with Gasteiger partial charge in [-0.25, -0.2) is 4.52 Å². The molecule has 4 rings (SSSR count). The fraction of sp³-hybridized carbons (Fsp3) is 0.294. The predicted molar refractivity (Wildman–Crippen MR) is 98.3 cm³/mol. The highest BCUT2D eigenvalue weighted by Crippen LogP contribution is 2.22. The first-order valence-electron chi connectivity index (χ1n) is 8.41. The Morgan fingerprint density at radius 3 is 3.12 bits per heavy atom. The van der Waals surface area contributed by atoms with Crippen molar-refractivity contribution in [3.8, 4) is 0 Å². The maximum absolute atomic E-state index is 11.8. The molecule has 1 aliphatic heterocycles. The van der Waals surface area contributed by atoms with Crippen molar-refractivity contribution in [2.75, 3.05) is 23.7 Å². The lowest BCUT2D eigenvalue weighted by atomic mass is 10.2. The Bertz CT molecular complexity index is 959. The van der Waals surface area contributed by atoms with Gasteiger partial charge >= 0.3 is 0 Å². The first kappa shape index (κ1) is 16.1. The van der Waals surface area contributed by atoms with E-state index in [4.69, 9.17) is 0 Å². The van der Waals surface area contributed by atoms with E-state index < -0.39 is 0 Å². The summed E-state index contributed by atoms with van der Waals surface area (Å²) >= 11 is 0. The third-order valence-electron chi connectivity index (χ3n) is 4.37. The lowest BCUT2D eigenvalue weighted by Crippen LogP contribution is -2.30. The molecule has 1 amide bonds. The largest absolute Gasteiger partial charge is 0.364 e. The number of anilines is 3. The second kappa shape index (κ2) is 6.51. The zero-order valence-electron chi connectivity index (χ0n) is 14.5. The maximum atomic E-state index is 11.8. The summed E-state index contributed by atoms with van der Waals surface area (Å²) in [5.74, 6) is 1.17. The van der Waals surface area contributed by atoms with Crippen molar-refractivity contribution in [3.63, 3.8) is 0 Å². The SMILES string of the molecule is C=CC(=O)N1CC[C@@H](Nc2nc(Nc3cnn(C)c3)nn3cccc23)C1. The number of aryl methyl sites for hydroxylation is 1. The van der Waals surface area contributed by atoms with E-state index in [2.05, 4.69) is 32.4 Å². The van der Waals surface area contributed by atoms with Crippen LogP contribution in [0.15, 0.2) is 43.4 Å². The molecule has 1 atom stereocenters. The van der Waals surface area contributed by atoms with Gasteiger partial charge in [-0.15, -0.1) is 5.10 Å². The average Bonchev–Trinajstić information content (AvgIpc) is 3.35. The summed E-state index contributed by atoms with van der Waals surface area (Å²) in [6.45, 7) is 4.90. The van der Waals surface area contributed by atoms with Gasteiger partial charge in [-0.1, -0.05) is 6.58 Å². The van der Waals surface area contributed by atoms with E-state index >= 15 is 0 Å². The number of nitrogens with one attached hydrogen (secondary N) is 2. The molecule has 26 heavy (non-hydrogen) atoms. The number of fused-ring (bicyclic) bond motifs is 1. The Labute approximate surface area is 150 Å². The van der Waals surface area contributed by atoms with Crippen LogP contribution in [0.1, 0.15) is 6.42 Å². The molecule has 1 fully saturated rings. The van der Waals surface area contributed by atoms with Crippen molar-refractivity contribution in [2.24, 2.45) is 7.05 Å². The second-order valence-electron chi connectivity index (χ2n) is 6.27. The Morgan fingerprint density at radius 1 is 1.46 bits per heavy atom. The monoisotopic (exact) mass is 352 g/mol. The van der Waals surface area contributed by atoms with Crippen LogP contribution < -0.4 is 10.6 Å². The third kappa shape index (κ3) is 3.10. The highest BCUT2D eigenvalue weighted by Gasteiger charge is 2.25. The number of nitrogens with zero attached hydrogens (tertiary/aromatic N) is 6. The molecule has 134 valence electrons. The lowest BCUT2D eigenvalue weighted by molar-refractivity contribution is -0.125. The molecule has 1 aliphatic rings. The van der Waals surface area contributed by atoms with Gasteiger partial charge in [-0.3, -0.25) is 9.48 Å². The fourth-order valence-corrected chi connectivity index (χ4v) is 3.11. The van der Waals surface area contributed by atoms with E-state index in [-0.39, 0.29) is 11.9 Å². The quantitative estimate of drug-likeness (QED) is 0.675. The van der Waals surface area contributed by atoms with Gasteiger partial charge in [0.25, 0.3) is 0 Å². The molecule has 0 spiro atoms. The number of hydrogen-bond acceptors (Lipinski definition) is 6. The molecular formula is C17H20N8O.